The third-order valence-corrected chi connectivity index (χ3v) is 3.76. The normalized spacial score (nSPS) is 11.0. The van der Waals surface area contributed by atoms with Crippen LogP contribution >= 0.6 is 0 Å². The molecule has 0 spiro atoms. The lowest BCUT2D eigenvalue weighted by Crippen LogP contribution is -2.15. The van der Waals surface area contributed by atoms with Gasteiger partial charge in [0.1, 0.15) is 18.1 Å². The summed E-state index contributed by atoms with van der Waals surface area (Å²) in [7, 11) is 1.83. The standard InChI is InChI=1S/C17H14N6O3/c1-23-7-10-4-12(15-16(17(18)24)21-3-2-20-15)14(5-13(10)22-23)25-8-11-6-19-9-26-11/h2-7,9H,8H2,1H3,(H2,18,24). The van der Waals surface area contributed by atoms with Crippen LogP contribution in [0.3, 0.4) is 0 Å². The van der Waals surface area contributed by atoms with Crippen LogP contribution in [0.15, 0.2) is 47.7 Å². The molecule has 4 rings (SSSR count). The number of nitrogens with zero attached hydrogens (tertiary/aromatic N) is 5. The summed E-state index contributed by atoms with van der Waals surface area (Å²) in [5, 5.41) is 5.26. The van der Waals surface area contributed by atoms with Gasteiger partial charge >= 0.3 is 0 Å². The van der Waals surface area contributed by atoms with E-state index in [0.717, 1.165) is 10.9 Å². The number of oxazole rings is 1. The first-order valence-corrected chi connectivity index (χ1v) is 7.70. The first-order chi connectivity index (χ1) is 12.6. The largest absolute Gasteiger partial charge is 0.485 e. The van der Waals surface area contributed by atoms with E-state index in [2.05, 4.69) is 20.1 Å². The number of benzene rings is 1. The number of amides is 1. The summed E-state index contributed by atoms with van der Waals surface area (Å²) in [5.41, 5.74) is 7.20. The van der Waals surface area contributed by atoms with Crippen LogP contribution in [0.5, 0.6) is 5.75 Å². The van der Waals surface area contributed by atoms with Gasteiger partial charge in [-0.25, -0.2) is 9.97 Å². The Hall–Kier alpha value is -3.75. The van der Waals surface area contributed by atoms with Crippen LogP contribution in [0.1, 0.15) is 16.2 Å². The number of carbonyl (C=O) groups is 1. The Bertz CT molecular complexity index is 1090. The van der Waals surface area contributed by atoms with E-state index in [0.29, 0.717) is 22.8 Å². The fourth-order valence-electron chi connectivity index (χ4n) is 2.66. The van der Waals surface area contributed by atoms with Crippen molar-refractivity contribution in [2.24, 2.45) is 12.8 Å². The van der Waals surface area contributed by atoms with Crippen molar-refractivity contribution in [1.82, 2.24) is 24.7 Å². The van der Waals surface area contributed by atoms with E-state index >= 15 is 0 Å². The molecule has 0 radical (unpaired) electrons. The molecule has 0 aliphatic carbocycles. The van der Waals surface area contributed by atoms with Crippen molar-refractivity contribution in [3.8, 4) is 17.0 Å². The van der Waals surface area contributed by atoms with Crippen molar-refractivity contribution in [1.29, 1.82) is 0 Å². The van der Waals surface area contributed by atoms with E-state index in [9.17, 15) is 4.79 Å². The molecule has 3 aromatic heterocycles. The maximum absolute atomic E-state index is 11.8. The third kappa shape index (κ3) is 2.86. The summed E-state index contributed by atoms with van der Waals surface area (Å²) in [6.45, 7) is 0.164. The molecule has 0 saturated heterocycles. The molecule has 0 aliphatic heterocycles. The van der Waals surface area contributed by atoms with Crippen molar-refractivity contribution in [3.63, 3.8) is 0 Å². The fraction of sp³-hybridized carbons (Fsp3) is 0.118. The van der Waals surface area contributed by atoms with E-state index in [1.165, 1.54) is 18.8 Å². The molecule has 2 N–H and O–H groups in total. The highest BCUT2D eigenvalue weighted by molar-refractivity contribution is 5.99. The highest BCUT2D eigenvalue weighted by Crippen LogP contribution is 2.34. The second-order valence-corrected chi connectivity index (χ2v) is 5.58. The van der Waals surface area contributed by atoms with Gasteiger partial charge in [0, 0.05) is 42.7 Å². The summed E-state index contributed by atoms with van der Waals surface area (Å²) in [6.07, 6.45) is 7.67. The zero-order valence-electron chi connectivity index (χ0n) is 13.8. The highest BCUT2D eigenvalue weighted by atomic mass is 16.5. The predicted octanol–water partition coefficient (Wildman–Crippen LogP) is 1.70. The van der Waals surface area contributed by atoms with Crippen LogP contribution in [-0.2, 0) is 13.7 Å². The minimum Gasteiger partial charge on any atom is -0.485 e. The molecule has 26 heavy (non-hydrogen) atoms. The quantitative estimate of drug-likeness (QED) is 0.581. The summed E-state index contributed by atoms with van der Waals surface area (Å²) < 4.78 is 12.8. The molecule has 1 amide bonds. The average Bonchev–Trinajstić information content (AvgIpc) is 3.27. The summed E-state index contributed by atoms with van der Waals surface area (Å²) in [5.74, 6) is 0.377. The number of ether oxygens (including phenoxy) is 1. The smallest absolute Gasteiger partial charge is 0.269 e. The first-order valence-electron chi connectivity index (χ1n) is 7.70. The van der Waals surface area contributed by atoms with Crippen LogP contribution in [0.25, 0.3) is 22.2 Å². The van der Waals surface area contributed by atoms with Gasteiger partial charge in [0.15, 0.2) is 17.8 Å². The van der Waals surface area contributed by atoms with E-state index < -0.39 is 5.91 Å². The Morgan fingerprint density at radius 3 is 2.92 bits per heavy atom. The molecule has 9 nitrogen and oxygen atoms in total. The maximum atomic E-state index is 11.8. The number of hydrogen-bond acceptors (Lipinski definition) is 7. The van der Waals surface area contributed by atoms with Crippen LogP contribution in [0.4, 0.5) is 0 Å². The molecule has 0 unspecified atom stereocenters. The zero-order chi connectivity index (χ0) is 18.1. The van der Waals surface area contributed by atoms with E-state index in [4.69, 9.17) is 14.9 Å². The van der Waals surface area contributed by atoms with Gasteiger partial charge in [-0.2, -0.15) is 5.10 Å². The SMILES string of the molecule is Cn1cc2cc(-c3nccnc3C(N)=O)c(OCc3cnco3)cc2n1. The van der Waals surface area contributed by atoms with Crippen LogP contribution in [0.2, 0.25) is 0 Å². The van der Waals surface area contributed by atoms with Crippen LogP contribution < -0.4 is 10.5 Å². The minimum absolute atomic E-state index is 0.0697. The number of fused-ring (bicyclic) bond motifs is 1. The Balaban J connectivity index is 1.86. The summed E-state index contributed by atoms with van der Waals surface area (Å²) in [4.78, 5) is 23.9. The van der Waals surface area contributed by atoms with Crippen LogP contribution in [-0.4, -0.2) is 30.6 Å². The molecular formula is C17H14N6O3. The van der Waals surface area contributed by atoms with Gasteiger partial charge in [-0.1, -0.05) is 0 Å². The summed E-state index contributed by atoms with van der Waals surface area (Å²) in [6, 6.07) is 3.62. The second kappa shape index (κ2) is 6.28. The molecule has 4 aromatic rings. The van der Waals surface area contributed by atoms with E-state index in [1.807, 2.05) is 19.3 Å². The summed E-state index contributed by atoms with van der Waals surface area (Å²) >= 11 is 0. The van der Waals surface area contributed by atoms with E-state index in [1.54, 1.807) is 16.9 Å². The molecule has 3 heterocycles. The Morgan fingerprint density at radius 1 is 1.31 bits per heavy atom. The fourth-order valence-corrected chi connectivity index (χ4v) is 2.66. The van der Waals surface area contributed by atoms with Gasteiger partial charge in [0.25, 0.3) is 5.91 Å². The number of carbonyl (C=O) groups excluding carboxylic acids is 1. The molecule has 0 atom stereocenters. The number of aromatic nitrogens is 5. The highest BCUT2D eigenvalue weighted by Gasteiger charge is 2.19. The van der Waals surface area contributed by atoms with Crippen molar-refractivity contribution in [3.05, 3.63) is 54.8 Å². The topological polar surface area (TPSA) is 122 Å². The maximum Gasteiger partial charge on any atom is 0.269 e. The van der Waals surface area contributed by atoms with Crippen molar-refractivity contribution in [2.75, 3.05) is 0 Å². The molecule has 0 bridgehead atoms. The van der Waals surface area contributed by atoms with Gasteiger partial charge in [-0.05, 0) is 6.07 Å². The lowest BCUT2D eigenvalue weighted by molar-refractivity contribution is 0.0996. The average molecular weight is 350 g/mol. The predicted molar refractivity (Wildman–Crippen MR) is 91.1 cm³/mol. The van der Waals surface area contributed by atoms with Crippen molar-refractivity contribution in [2.45, 2.75) is 6.61 Å². The monoisotopic (exact) mass is 350 g/mol. The zero-order valence-corrected chi connectivity index (χ0v) is 13.8. The van der Waals surface area contributed by atoms with Crippen molar-refractivity contribution < 1.29 is 13.9 Å². The molecule has 0 saturated carbocycles. The second-order valence-electron chi connectivity index (χ2n) is 5.58. The lowest BCUT2D eigenvalue weighted by atomic mass is 10.1. The Kier molecular flexibility index (Phi) is 3.81. The molecule has 130 valence electrons. The molecule has 9 heteroatoms. The van der Waals surface area contributed by atoms with Gasteiger partial charge in [0.2, 0.25) is 0 Å². The minimum atomic E-state index is -0.666. The lowest BCUT2D eigenvalue weighted by Gasteiger charge is -2.12. The van der Waals surface area contributed by atoms with Gasteiger partial charge in [0.05, 0.1) is 11.7 Å². The molecule has 0 aliphatic rings. The van der Waals surface area contributed by atoms with Crippen molar-refractivity contribution >= 4 is 16.8 Å². The number of hydrogen-bond donors (Lipinski definition) is 1. The van der Waals surface area contributed by atoms with Gasteiger partial charge in [-0.3, -0.25) is 14.5 Å². The number of primary amides is 1. The molecule has 1 aromatic carbocycles. The van der Waals surface area contributed by atoms with Crippen LogP contribution in [0, 0.1) is 0 Å². The molecular weight excluding hydrogens is 336 g/mol. The van der Waals surface area contributed by atoms with Gasteiger partial charge < -0.3 is 14.9 Å². The number of nitrogens with two attached hydrogens (primary N) is 1. The first kappa shape index (κ1) is 15.8. The Morgan fingerprint density at radius 2 is 2.15 bits per heavy atom. The third-order valence-electron chi connectivity index (χ3n) is 3.76. The van der Waals surface area contributed by atoms with Gasteiger partial charge in [-0.15, -0.1) is 0 Å². The number of aryl methyl sites for hydroxylation is 1. The Labute approximate surface area is 147 Å². The number of rotatable bonds is 5. The van der Waals surface area contributed by atoms with E-state index in [-0.39, 0.29) is 12.3 Å². The molecule has 0 fully saturated rings.